The maximum Gasteiger partial charge on any atom is 0.244 e. The van der Waals surface area contributed by atoms with E-state index in [0.717, 1.165) is 16.6 Å². The van der Waals surface area contributed by atoms with Crippen molar-refractivity contribution >= 4 is 0 Å². The summed E-state index contributed by atoms with van der Waals surface area (Å²) in [5.41, 5.74) is 0.841. The average Bonchev–Trinajstić information content (AvgIpc) is 2.15. The molecular weight excluding hydrogens is 202 g/mol. The Hall–Kier alpha value is -0.900. The summed E-state index contributed by atoms with van der Waals surface area (Å²) >= 11 is 0. The number of nitrogens with zero attached hydrogens (tertiary/aromatic N) is 1. The Kier molecular flexibility index (Phi) is 2.78. The van der Waals surface area contributed by atoms with Crippen LogP contribution in [0.2, 0.25) is 0 Å². The van der Waals surface area contributed by atoms with Gasteiger partial charge in [-0.15, -0.1) is 0 Å². The number of ether oxygens (including phenoxy) is 1. The molecule has 1 aliphatic rings. The number of hydrogen-bond acceptors (Lipinski definition) is 2. The highest BCUT2D eigenvalue weighted by Gasteiger charge is 2.44. The number of likely N-dealkylation sites (N-methyl/N-ethyl adjacent to an activating group) is 1. The van der Waals surface area contributed by atoms with Crippen LogP contribution in [0.15, 0.2) is 30.3 Å². The lowest BCUT2D eigenvalue weighted by Gasteiger charge is -2.45. The minimum Gasteiger partial charge on any atom is -0.357 e. The fourth-order valence-electron chi connectivity index (χ4n) is 2.61. The van der Waals surface area contributed by atoms with Crippen molar-refractivity contribution in [3.05, 3.63) is 35.9 Å². The van der Waals surface area contributed by atoms with Gasteiger partial charge in [-0.25, -0.2) is 0 Å². The average molecular weight is 222 g/mol. The molecule has 16 heavy (non-hydrogen) atoms. The molecule has 0 aliphatic carbocycles. The maximum atomic E-state index is 10.6. The SMILES string of the molecule is C[C@@H]1C[N+](C)(C)C[C@](O)(c2ccccc2)O1. The van der Waals surface area contributed by atoms with Crippen LogP contribution in [0, 0.1) is 0 Å². The molecule has 0 saturated carbocycles. The van der Waals surface area contributed by atoms with Crippen LogP contribution < -0.4 is 0 Å². The summed E-state index contributed by atoms with van der Waals surface area (Å²) < 4.78 is 6.51. The molecule has 88 valence electrons. The molecule has 0 amide bonds. The van der Waals surface area contributed by atoms with Gasteiger partial charge in [-0.2, -0.15) is 0 Å². The van der Waals surface area contributed by atoms with E-state index in [2.05, 4.69) is 14.1 Å². The van der Waals surface area contributed by atoms with E-state index in [1.807, 2.05) is 37.3 Å². The molecule has 3 heteroatoms. The van der Waals surface area contributed by atoms with Gasteiger partial charge in [0.1, 0.15) is 19.2 Å². The van der Waals surface area contributed by atoms with Gasteiger partial charge in [0.15, 0.2) is 0 Å². The lowest BCUT2D eigenvalue weighted by atomic mass is 10.0. The molecule has 0 spiro atoms. The minimum atomic E-state index is -1.15. The largest absolute Gasteiger partial charge is 0.357 e. The molecule has 0 radical (unpaired) electrons. The van der Waals surface area contributed by atoms with Gasteiger partial charge >= 0.3 is 0 Å². The van der Waals surface area contributed by atoms with Gasteiger partial charge in [0.05, 0.1) is 14.1 Å². The summed E-state index contributed by atoms with van der Waals surface area (Å²) in [5.74, 6) is -1.15. The van der Waals surface area contributed by atoms with E-state index in [9.17, 15) is 5.11 Å². The molecule has 2 atom stereocenters. The number of morpholine rings is 1. The van der Waals surface area contributed by atoms with E-state index >= 15 is 0 Å². The van der Waals surface area contributed by atoms with Gasteiger partial charge in [0.25, 0.3) is 0 Å². The Morgan fingerprint density at radius 2 is 1.94 bits per heavy atom. The predicted molar refractivity (Wildman–Crippen MR) is 62.7 cm³/mol. The highest BCUT2D eigenvalue weighted by atomic mass is 16.6. The third kappa shape index (κ3) is 2.26. The second kappa shape index (κ2) is 3.84. The third-order valence-corrected chi connectivity index (χ3v) is 3.01. The summed E-state index contributed by atoms with van der Waals surface area (Å²) in [6, 6.07) is 9.63. The van der Waals surface area contributed by atoms with Crippen LogP contribution in [0.5, 0.6) is 0 Å². The Bertz CT molecular complexity index is 363. The molecule has 1 aliphatic heterocycles. The summed E-state index contributed by atoms with van der Waals surface area (Å²) in [4.78, 5) is 0. The van der Waals surface area contributed by atoms with Gasteiger partial charge < -0.3 is 14.3 Å². The van der Waals surface area contributed by atoms with Crippen LogP contribution in [-0.2, 0) is 10.5 Å². The quantitative estimate of drug-likeness (QED) is 0.726. The van der Waals surface area contributed by atoms with Gasteiger partial charge in [-0.1, -0.05) is 30.3 Å². The Balaban J connectivity index is 2.31. The number of rotatable bonds is 1. The van der Waals surface area contributed by atoms with Crippen molar-refractivity contribution < 1.29 is 14.3 Å². The summed E-state index contributed by atoms with van der Waals surface area (Å²) in [5, 5.41) is 10.6. The van der Waals surface area contributed by atoms with Crippen LogP contribution >= 0.6 is 0 Å². The first kappa shape index (κ1) is 11.6. The van der Waals surface area contributed by atoms with Gasteiger partial charge in [-0.05, 0) is 6.92 Å². The molecule has 0 bridgehead atoms. The molecule has 3 nitrogen and oxygen atoms in total. The Labute approximate surface area is 96.9 Å². The molecule has 1 saturated heterocycles. The lowest BCUT2D eigenvalue weighted by molar-refractivity contribution is -0.916. The molecule has 1 heterocycles. The van der Waals surface area contributed by atoms with Crippen molar-refractivity contribution in [1.82, 2.24) is 0 Å². The number of hydrogen-bond donors (Lipinski definition) is 1. The van der Waals surface area contributed by atoms with E-state index in [0.29, 0.717) is 6.54 Å². The van der Waals surface area contributed by atoms with E-state index in [-0.39, 0.29) is 6.10 Å². The van der Waals surface area contributed by atoms with E-state index in [4.69, 9.17) is 4.74 Å². The fourth-order valence-corrected chi connectivity index (χ4v) is 2.61. The molecular formula is C13H20NO2+. The van der Waals surface area contributed by atoms with Crippen molar-refractivity contribution in [2.24, 2.45) is 0 Å². The van der Waals surface area contributed by atoms with Gasteiger partial charge in [0, 0.05) is 5.56 Å². The number of benzene rings is 1. The first-order valence-corrected chi connectivity index (χ1v) is 5.69. The van der Waals surface area contributed by atoms with Crippen LogP contribution in [0.1, 0.15) is 12.5 Å². The zero-order chi connectivity index (χ0) is 11.8. The van der Waals surface area contributed by atoms with Crippen molar-refractivity contribution in [1.29, 1.82) is 0 Å². The summed E-state index contributed by atoms with van der Waals surface area (Å²) in [7, 11) is 4.24. The number of aliphatic hydroxyl groups is 1. The van der Waals surface area contributed by atoms with Crippen molar-refractivity contribution in [3.8, 4) is 0 Å². The topological polar surface area (TPSA) is 29.5 Å². The fraction of sp³-hybridized carbons (Fsp3) is 0.538. The molecule has 1 aromatic carbocycles. The molecule has 1 fully saturated rings. The van der Waals surface area contributed by atoms with Crippen molar-refractivity contribution in [2.75, 3.05) is 27.2 Å². The monoisotopic (exact) mass is 222 g/mol. The highest BCUT2D eigenvalue weighted by molar-refractivity contribution is 5.20. The zero-order valence-electron chi connectivity index (χ0n) is 10.2. The summed E-state index contributed by atoms with van der Waals surface area (Å²) in [6.07, 6.45) is 0.0638. The first-order chi connectivity index (χ1) is 7.41. The third-order valence-electron chi connectivity index (χ3n) is 3.01. The van der Waals surface area contributed by atoms with E-state index in [1.165, 1.54) is 0 Å². The Morgan fingerprint density at radius 3 is 2.50 bits per heavy atom. The molecule has 1 N–H and O–H groups in total. The van der Waals surface area contributed by atoms with Crippen LogP contribution in [0.4, 0.5) is 0 Å². The van der Waals surface area contributed by atoms with E-state index < -0.39 is 5.79 Å². The van der Waals surface area contributed by atoms with Crippen molar-refractivity contribution in [3.63, 3.8) is 0 Å². The second-order valence-corrected chi connectivity index (χ2v) is 5.36. The van der Waals surface area contributed by atoms with Crippen molar-refractivity contribution in [2.45, 2.75) is 18.8 Å². The van der Waals surface area contributed by atoms with E-state index in [1.54, 1.807) is 0 Å². The highest BCUT2D eigenvalue weighted by Crippen LogP contribution is 2.31. The smallest absolute Gasteiger partial charge is 0.244 e. The van der Waals surface area contributed by atoms with Crippen LogP contribution in [-0.4, -0.2) is 42.9 Å². The first-order valence-electron chi connectivity index (χ1n) is 5.69. The van der Waals surface area contributed by atoms with Gasteiger partial charge in [0.2, 0.25) is 5.79 Å². The zero-order valence-corrected chi connectivity index (χ0v) is 10.2. The normalized spacial score (nSPS) is 33.6. The maximum absolute atomic E-state index is 10.6. The standard InChI is InChI=1S/C13H20NO2/c1-11-9-14(2,3)10-13(15,16-11)12-7-5-4-6-8-12/h4-8,11,15H,9-10H2,1-3H3/q+1/t11-,13-/m1/s1. The molecule has 0 unspecified atom stereocenters. The number of quaternary nitrogens is 1. The minimum absolute atomic E-state index is 0.0638. The molecule has 2 rings (SSSR count). The second-order valence-electron chi connectivity index (χ2n) is 5.36. The molecule has 1 aromatic rings. The predicted octanol–water partition coefficient (Wildman–Crippen LogP) is 1.33. The van der Waals surface area contributed by atoms with Crippen LogP contribution in [0.3, 0.4) is 0 Å². The van der Waals surface area contributed by atoms with Gasteiger partial charge in [-0.3, -0.25) is 0 Å². The Morgan fingerprint density at radius 1 is 1.31 bits per heavy atom. The molecule has 0 aromatic heterocycles. The lowest BCUT2D eigenvalue weighted by Crippen LogP contribution is -2.60. The van der Waals surface area contributed by atoms with Crippen LogP contribution in [0.25, 0.3) is 0 Å². The summed E-state index contributed by atoms with van der Waals surface area (Å²) in [6.45, 7) is 3.52.